The first-order valence-corrected chi connectivity index (χ1v) is 3.74. The van der Waals surface area contributed by atoms with E-state index in [0.29, 0.717) is 19.4 Å². The molecule has 0 aromatic carbocycles. The van der Waals surface area contributed by atoms with Crippen LogP contribution in [0.15, 0.2) is 12.2 Å². The van der Waals surface area contributed by atoms with Crippen molar-refractivity contribution in [3.8, 4) is 0 Å². The molecule has 0 N–H and O–H groups in total. The van der Waals surface area contributed by atoms with Crippen LogP contribution in [0, 0.1) is 0 Å². The van der Waals surface area contributed by atoms with Gasteiger partial charge in [0.1, 0.15) is 0 Å². The molecule has 0 aliphatic heterocycles. The van der Waals surface area contributed by atoms with E-state index in [0.717, 1.165) is 4.90 Å². The van der Waals surface area contributed by atoms with Crippen LogP contribution in [0.5, 0.6) is 0 Å². The van der Waals surface area contributed by atoms with Crippen molar-refractivity contribution in [2.45, 2.75) is 6.92 Å². The van der Waals surface area contributed by atoms with Gasteiger partial charge < -0.3 is 4.74 Å². The number of rotatable bonds is 6. The zero-order valence-corrected chi connectivity index (χ0v) is 7.30. The molecule has 0 aromatic heterocycles. The van der Waals surface area contributed by atoms with Gasteiger partial charge in [-0.2, -0.15) is 0 Å². The van der Waals surface area contributed by atoms with E-state index < -0.39 is 5.97 Å². The van der Waals surface area contributed by atoms with Gasteiger partial charge in [-0.3, -0.25) is 14.5 Å². The molecular formula is C8H11NO4. The monoisotopic (exact) mass is 185 g/mol. The molecule has 5 heteroatoms. The lowest BCUT2D eigenvalue weighted by Gasteiger charge is -2.02. The Morgan fingerprint density at radius 3 is 2.46 bits per heavy atom. The van der Waals surface area contributed by atoms with Crippen LogP contribution in [-0.2, 0) is 19.1 Å². The van der Waals surface area contributed by atoms with Gasteiger partial charge in [-0.1, -0.05) is 6.08 Å². The van der Waals surface area contributed by atoms with Gasteiger partial charge in [0.25, 0.3) is 0 Å². The van der Waals surface area contributed by atoms with Crippen LogP contribution in [0.25, 0.3) is 0 Å². The van der Waals surface area contributed by atoms with E-state index in [1.54, 1.807) is 6.92 Å². The summed E-state index contributed by atoms with van der Waals surface area (Å²) in [6.45, 7) is 2.06. The molecule has 0 fully saturated rings. The van der Waals surface area contributed by atoms with Gasteiger partial charge in [0.2, 0.25) is 12.8 Å². The first-order valence-electron chi connectivity index (χ1n) is 3.74. The Hall–Kier alpha value is -1.65. The number of carbonyl (C=O) groups excluding carboxylic acids is 3. The van der Waals surface area contributed by atoms with E-state index in [4.69, 9.17) is 0 Å². The molecule has 0 atom stereocenters. The molecular weight excluding hydrogens is 174 g/mol. The zero-order chi connectivity index (χ0) is 10.1. The fourth-order valence-corrected chi connectivity index (χ4v) is 0.572. The standard InChI is InChI=1S/C8H11NO4/c1-2-13-8(12)4-3-5-9(6-10)7-11/h3-4,6-7H,2,5H2,1H3. The van der Waals surface area contributed by atoms with Gasteiger partial charge in [-0.05, 0) is 6.92 Å². The van der Waals surface area contributed by atoms with Gasteiger partial charge in [0, 0.05) is 12.6 Å². The van der Waals surface area contributed by atoms with Gasteiger partial charge in [0.15, 0.2) is 0 Å². The van der Waals surface area contributed by atoms with E-state index in [1.165, 1.54) is 12.2 Å². The Morgan fingerprint density at radius 1 is 1.38 bits per heavy atom. The van der Waals surface area contributed by atoms with Crippen molar-refractivity contribution in [3.05, 3.63) is 12.2 Å². The topological polar surface area (TPSA) is 63.7 Å². The summed E-state index contributed by atoms with van der Waals surface area (Å²) in [6.07, 6.45) is 3.30. The maximum absolute atomic E-state index is 10.7. The number of ether oxygens (including phenoxy) is 1. The predicted molar refractivity (Wildman–Crippen MR) is 44.6 cm³/mol. The lowest BCUT2D eigenvalue weighted by atomic mass is 10.5. The summed E-state index contributed by atoms with van der Waals surface area (Å²) in [4.78, 5) is 31.7. The third-order valence-electron chi connectivity index (χ3n) is 1.13. The van der Waals surface area contributed by atoms with Crippen LogP contribution in [0.4, 0.5) is 0 Å². The normalized spacial score (nSPS) is 9.62. The molecule has 0 rings (SSSR count). The van der Waals surface area contributed by atoms with E-state index >= 15 is 0 Å². The molecule has 0 saturated heterocycles. The Kier molecular flexibility index (Phi) is 6.13. The largest absolute Gasteiger partial charge is 0.463 e. The van der Waals surface area contributed by atoms with Crippen LogP contribution >= 0.6 is 0 Å². The van der Waals surface area contributed by atoms with Gasteiger partial charge in [0.05, 0.1) is 6.61 Å². The molecule has 72 valence electrons. The average molecular weight is 185 g/mol. The number of nitrogens with zero attached hydrogens (tertiary/aromatic N) is 1. The van der Waals surface area contributed by atoms with Gasteiger partial charge >= 0.3 is 5.97 Å². The molecule has 0 heterocycles. The molecule has 0 spiro atoms. The van der Waals surface area contributed by atoms with E-state index in [2.05, 4.69) is 4.74 Å². The van der Waals surface area contributed by atoms with E-state index in [1.807, 2.05) is 0 Å². The Bertz CT molecular complexity index is 204. The number of esters is 1. The minimum atomic E-state index is -0.487. The summed E-state index contributed by atoms with van der Waals surface area (Å²) in [7, 11) is 0. The smallest absolute Gasteiger partial charge is 0.330 e. The highest BCUT2D eigenvalue weighted by Crippen LogP contribution is 1.83. The lowest BCUT2D eigenvalue weighted by Crippen LogP contribution is -2.19. The van der Waals surface area contributed by atoms with Crippen molar-refractivity contribution >= 4 is 18.8 Å². The highest BCUT2D eigenvalue weighted by molar-refractivity contribution is 5.82. The van der Waals surface area contributed by atoms with Crippen LogP contribution in [0.2, 0.25) is 0 Å². The highest BCUT2D eigenvalue weighted by Gasteiger charge is 1.96. The predicted octanol–water partition coefficient (Wildman–Crippen LogP) is -0.280. The SMILES string of the molecule is CCOC(=O)C=CCN(C=O)C=O. The second-order valence-electron chi connectivity index (χ2n) is 2.06. The Morgan fingerprint density at radius 2 is 2.00 bits per heavy atom. The third kappa shape index (κ3) is 5.60. The van der Waals surface area contributed by atoms with Crippen molar-refractivity contribution in [1.29, 1.82) is 0 Å². The van der Waals surface area contributed by atoms with Gasteiger partial charge in [-0.15, -0.1) is 0 Å². The second-order valence-corrected chi connectivity index (χ2v) is 2.06. The van der Waals surface area contributed by atoms with Crippen molar-refractivity contribution in [2.24, 2.45) is 0 Å². The second kappa shape index (κ2) is 7.02. The summed E-state index contributed by atoms with van der Waals surface area (Å²) in [5.41, 5.74) is 0. The van der Waals surface area contributed by atoms with Gasteiger partial charge in [-0.25, -0.2) is 4.79 Å². The quantitative estimate of drug-likeness (QED) is 0.324. The first kappa shape index (κ1) is 11.4. The average Bonchev–Trinajstić information content (AvgIpc) is 2.13. The van der Waals surface area contributed by atoms with Crippen molar-refractivity contribution in [2.75, 3.05) is 13.2 Å². The number of hydrogen-bond donors (Lipinski definition) is 0. The first-order chi connectivity index (χ1) is 6.24. The molecule has 0 aromatic rings. The molecule has 13 heavy (non-hydrogen) atoms. The minimum Gasteiger partial charge on any atom is -0.463 e. The Labute approximate surface area is 76.0 Å². The molecule has 0 aliphatic carbocycles. The molecule has 2 amide bonds. The number of carbonyl (C=O) groups is 3. The Balaban J connectivity index is 3.78. The van der Waals surface area contributed by atoms with Crippen molar-refractivity contribution in [3.63, 3.8) is 0 Å². The number of hydrogen-bond acceptors (Lipinski definition) is 4. The van der Waals surface area contributed by atoms with E-state index in [-0.39, 0.29) is 6.54 Å². The summed E-state index contributed by atoms with van der Waals surface area (Å²) >= 11 is 0. The molecule has 0 aliphatic rings. The molecule has 5 nitrogen and oxygen atoms in total. The number of imide groups is 1. The minimum absolute atomic E-state index is 0.0752. The highest BCUT2D eigenvalue weighted by atomic mass is 16.5. The number of amides is 2. The maximum Gasteiger partial charge on any atom is 0.330 e. The van der Waals surface area contributed by atoms with E-state index in [9.17, 15) is 14.4 Å². The summed E-state index contributed by atoms with van der Waals surface area (Å²) in [6, 6.07) is 0. The fraction of sp³-hybridized carbons (Fsp3) is 0.375. The molecule has 0 unspecified atom stereocenters. The zero-order valence-electron chi connectivity index (χ0n) is 7.30. The summed E-state index contributed by atoms with van der Waals surface area (Å²) < 4.78 is 4.57. The lowest BCUT2D eigenvalue weighted by molar-refractivity contribution is -0.137. The molecule has 0 saturated carbocycles. The fourth-order valence-electron chi connectivity index (χ4n) is 0.572. The molecule has 0 radical (unpaired) electrons. The summed E-state index contributed by atoms with van der Waals surface area (Å²) in [5.74, 6) is -0.487. The van der Waals surface area contributed by atoms with Crippen LogP contribution in [0.1, 0.15) is 6.92 Å². The van der Waals surface area contributed by atoms with Crippen LogP contribution in [-0.4, -0.2) is 36.8 Å². The third-order valence-corrected chi connectivity index (χ3v) is 1.13. The van der Waals surface area contributed by atoms with Crippen LogP contribution in [0.3, 0.4) is 0 Å². The van der Waals surface area contributed by atoms with Crippen molar-refractivity contribution in [1.82, 2.24) is 4.90 Å². The maximum atomic E-state index is 10.7. The van der Waals surface area contributed by atoms with Crippen LogP contribution < -0.4 is 0 Å². The summed E-state index contributed by atoms with van der Waals surface area (Å²) in [5, 5.41) is 0. The molecule has 0 bridgehead atoms. The van der Waals surface area contributed by atoms with Crippen molar-refractivity contribution < 1.29 is 19.1 Å².